The molecule has 0 bridgehead atoms. The number of nitrogens with zero attached hydrogens (tertiary/aromatic N) is 7. The summed E-state index contributed by atoms with van der Waals surface area (Å²) in [4.78, 5) is 6.58. The zero-order chi connectivity index (χ0) is 34.0. The second kappa shape index (κ2) is 14.5. The Kier molecular flexibility index (Phi) is 9.89. The van der Waals surface area contributed by atoms with Gasteiger partial charge in [-0.1, -0.05) is 36.2 Å². The van der Waals surface area contributed by atoms with Crippen LogP contribution in [0.1, 0.15) is 25.8 Å². The second-order valence-electron chi connectivity index (χ2n) is 12.6. The minimum absolute atomic E-state index is 0.166. The van der Waals surface area contributed by atoms with E-state index in [-0.39, 0.29) is 12.1 Å². The molecule has 0 aliphatic carbocycles. The third-order valence-corrected chi connectivity index (χ3v) is 10.2. The molecule has 4 aromatic rings. The van der Waals surface area contributed by atoms with Gasteiger partial charge in [0, 0.05) is 67.2 Å². The molecule has 0 spiro atoms. The molecule has 4 heterocycles. The van der Waals surface area contributed by atoms with E-state index in [2.05, 4.69) is 58.1 Å². The van der Waals surface area contributed by atoms with Gasteiger partial charge in [-0.2, -0.15) is 10.2 Å². The SMILES string of the molecule is CCC(C)N1N=CN(c2ccc(N3CCN(c4ccc(OC[C@@H]5CO[C@@](Cn6cccn6)(c6ccc(Cl)c(Cl)c6)O5)cc4)CC3)cc2)C1O. The molecule has 7 rings (SSSR count). The van der Waals surface area contributed by atoms with Crippen molar-refractivity contribution in [3.05, 3.63) is 101 Å². The van der Waals surface area contributed by atoms with Crippen LogP contribution >= 0.6 is 23.2 Å². The van der Waals surface area contributed by atoms with Gasteiger partial charge in [0.25, 0.3) is 0 Å². The molecular weight excluding hydrogens is 665 g/mol. The van der Waals surface area contributed by atoms with Crippen molar-refractivity contribution in [2.24, 2.45) is 5.10 Å². The number of benzene rings is 3. The molecular formula is C36H41Cl2N7O4. The molecule has 1 N–H and O–H groups in total. The molecule has 0 saturated carbocycles. The summed E-state index contributed by atoms with van der Waals surface area (Å²) in [5, 5.41) is 22.1. The summed E-state index contributed by atoms with van der Waals surface area (Å²) >= 11 is 12.5. The number of hydrogen-bond acceptors (Lipinski definition) is 10. The van der Waals surface area contributed by atoms with Crippen molar-refractivity contribution in [3.63, 3.8) is 0 Å². The summed E-state index contributed by atoms with van der Waals surface area (Å²) in [7, 11) is 0. The van der Waals surface area contributed by atoms with Gasteiger partial charge in [-0.3, -0.25) is 9.58 Å². The topological polar surface area (TPSA) is 91.1 Å². The van der Waals surface area contributed by atoms with Gasteiger partial charge in [0.1, 0.15) is 24.8 Å². The van der Waals surface area contributed by atoms with Crippen molar-refractivity contribution in [2.75, 3.05) is 54.1 Å². The number of ether oxygens (including phenoxy) is 3. The van der Waals surface area contributed by atoms with Crippen molar-refractivity contribution in [3.8, 4) is 5.75 Å². The van der Waals surface area contributed by atoms with Crippen molar-refractivity contribution >= 4 is 46.6 Å². The maximum atomic E-state index is 10.8. The minimum atomic E-state index is -1.07. The lowest BCUT2D eigenvalue weighted by Gasteiger charge is -2.37. The fraction of sp³-hybridized carbons (Fsp3) is 0.389. The highest BCUT2D eigenvalue weighted by atomic mass is 35.5. The van der Waals surface area contributed by atoms with E-state index in [9.17, 15) is 5.11 Å². The third-order valence-electron chi connectivity index (χ3n) is 9.42. The van der Waals surface area contributed by atoms with Gasteiger partial charge in [-0.25, -0.2) is 5.01 Å². The van der Waals surface area contributed by atoms with E-state index in [0.29, 0.717) is 29.8 Å². The van der Waals surface area contributed by atoms with Crippen LogP contribution in [-0.2, 0) is 21.8 Å². The van der Waals surface area contributed by atoms with Gasteiger partial charge < -0.3 is 29.1 Å². The second-order valence-corrected chi connectivity index (χ2v) is 13.4. The molecule has 1 aromatic heterocycles. The predicted octanol–water partition coefficient (Wildman–Crippen LogP) is 6.00. The number of hydrazone groups is 1. The smallest absolute Gasteiger partial charge is 0.228 e. The molecule has 2 saturated heterocycles. The van der Waals surface area contributed by atoms with Gasteiger partial charge in [0.05, 0.1) is 23.2 Å². The highest BCUT2D eigenvalue weighted by Crippen LogP contribution is 2.39. The van der Waals surface area contributed by atoms with Crippen LogP contribution in [0.3, 0.4) is 0 Å². The van der Waals surface area contributed by atoms with Gasteiger partial charge >= 0.3 is 0 Å². The number of aliphatic hydroxyl groups excluding tert-OH is 1. The highest BCUT2D eigenvalue weighted by molar-refractivity contribution is 6.42. The maximum absolute atomic E-state index is 10.8. The van der Waals surface area contributed by atoms with Crippen LogP contribution in [0.15, 0.2) is 90.3 Å². The molecule has 258 valence electrons. The average Bonchev–Trinajstić information content (AvgIpc) is 3.90. The Hall–Kier alpha value is -4.00. The zero-order valence-electron chi connectivity index (χ0n) is 27.6. The first-order valence-corrected chi connectivity index (χ1v) is 17.4. The molecule has 3 aliphatic heterocycles. The van der Waals surface area contributed by atoms with Crippen LogP contribution in [0.25, 0.3) is 0 Å². The number of piperazine rings is 1. The van der Waals surface area contributed by atoms with Crippen molar-refractivity contribution in [1.82, 2.24) is 14.8 Å². The van der Waals surface area contributed by atoms with Gasteiger partial charge in [0.2, 0.25) is 12.1 Å². The van der Waals surface area contributed by atoms with Crippen molar-refractivity contribution in [2.45, 2.75) is 51.1 Å². The zero-order valence-corrected chi connectivity index (χ0v) is 29.1. The van der Waals surface area contributed by atoms with Crippen LogP contribution in [0.4, 0.5) is 17.1 Å². The number of aliphatic hydroxyl groups is 1. The van der Waals surface area contributed by atoms with Crippen molar-refractivity contribution < 1.29 is 19.3 Å². The van der Waals surface area contributed by atoms with E-state index in [1.807, 2.05) is 42.6 Å². The summed E-state index contributed by atoms with van der Waals surface area (Å²) in [6, 6.07) is 24.0. The standard InChI is InChI=1S/C36H41Cl2N7O4/c1-3-26(2)45-35(46)44(25-40-45)30-8-6-28(7-9-30)41-17-19-42(20-18-41)29-10-12-31(13-11-29)47-22-32-23-48-36(49-32,24-43-16-4-15-39-43)27-5-14-33(37)34(38)21-27/h4-16,21,25-26,32,35,46H,3,17-20,22-24H2,1-2H3/t26?,32-,35?,36-/m1/s1. The highest BCUT2D eigenvalue weighted by Gasteiger charge is 2.44. The quantitative estimate of drug-likeness (QED) is 0.202. The first-order chi connectivity index (χ1) is 23.8. The first kappa shape index (κ1) is 33.5. The Morgan fingerprint density at radius 1 is 0.939 bits per heavy atom. The predicted molar refractivity (Wildman–Crippen MR) is 193 cm³/mol. The molecule has 49 heavy (non-hydrogen) atoms. The van der Waals surface area contributed by atoms with Crippen LogP contribution < -0.4 is 19.4 Å². The third kappa shape index (κ3) is 7.18. The molecule has 3 aliphatic rings. The largest absolute Gasteiger partial charge is 0.491 e. The molecule has 3 aromatic carbocycles. The van der Waals surface area contributed by atoms with E-state index < -0.39 is 12.1 Å². The van der Waals surface area contributed by atoms with Crippen LogP contribution in [0, 0.1) is 0 Å². The van der Waals surface area contributed by atoms with E-state index in [0.717, 1.165) is 55.3 Å². The van der Waals surface area contributed by atoms with Gasteiger partial charge in [0.15, 0.2) is 0 Å². The van der Waals surface area contributed by atoms with Crippen molar-refractivity contribution in [1.29, 1.82) is 0 Å². The Morgan fingerprint density at radius 3 is 2.24 bits per heavy atom. The van der Waals surface area contributed by atoms with Crippen LogP contribution in [0.5, 0.6) is 5.75 Å². The maximum Gasteiger partial charge on any atom is 0.228 e. The molecule has 0 amide bonds. The molecule has 2 unspecified atom stereocenters. The van der Waals surface area contributed by atoms with E-state index in [1.165, 1.54) is 5.69 Å². The minimum Gasteiger partial charge on any atom is -0.491 e. The van der Waals surface area contributed by atoms with E-state index in [4.69, 9.17) is 37.4 Å². The fourth-order valence-corrected chi connectivity index (χ4v) is 6.70. The summed E-state index contributed by atoms with van der Waals surface area (Å²) in [6.07, 6.45) is 5.12. The molecule has 11 nitrogen and oxygen atoms in total. The summed E-state index contributed by atoms with van der Waals surface area (Å²) in [5.74, 6) is -0.298. The van der Waals surface area contributed by atoms with E-state index in [1.54, 1.807) is 39.3 Å². The van der Waals surface area contributed by atoms with Gasteiger partial charge in [-0.15, -0.1) is 0 Å². The number of halogens is 2. The fourth-order valence-electron chi connectivity index (χ4n) is 6.40. The Labute approximate surface area is 296 Å². The number of hydrogen-bond donors (Lipinski definition) is 1. The van der Waals surface area contributed by atoms with Crippen LogP contribution in [0.2, 0.25) is 10.0 Å². The Morgan fingerprint density at radius 2 is 1.61 bits per heavy atom. The number of aromatic nitrogens is 2. The lowest BCUT2D eigenvalue weighted by Crippen LogP contribution is -2.46. The van der Waals surface area contributed by atoms with E-state index >= 15 is 0 Å². The summed E-state index contributed by atoms with van der Waals surface area (Å²) in [5.41, 5.74) is 4.02. The number of rotatable bonds is 11. The average molecular weight is 707 g/mol. The van der Waals surface area contributed by atoms with Crippen LogP contribution in [-0.4, -0.2) is 84.1 Å². The Balaban J connectivity index is 0.908. The molecule has 0 radical (unpaired) electrons. The lowest BCUT2D eigenvalue weighted by atomic mass is 10.1. The molecule has 13 heteroatoms. The monoisotopic (exact) mass is 705 g/mol. The normalized spacial score (nSPS) is 23.0. The number of anilines is 3. The summed E-state index contributed by atoms with van der Waals surface area (Å²) < 4.78 is 20.7. The lowest BCUT2D eigenvalue weighted by molar-refractivity contribution is -0.190. The first-order valence-electron chi connectivity index (χ1n) is 16.7. The Bertz CT molecular complexity index is 1720. The van der Waals surface area contributed by atoms with Gasteiger partial charge in [-0.05, 0) is 80.1 Å². The molecule has 2 fully saturated rings. The summed E-state index contributed by atoms with van der Waals surface area (Å²) in [6.45, 7) is 8.83. The molecule has 4 atom stereocenters.